The van der Waals surface area contributed by atoms with E-state index >= 15 is 0 Å². The molecule has 0 aliphatic heterocycles. The molecule has 0 saturated carbocycles. The maximum absolute atomic E-state index is 10.7. The van der Waals surface area contributed by atoms with Crippen molar-refractivity contribution in [3.05, 3.63) is 23.0 Å². The van der Waals surface area contributed by atoms with Crippen molar-refractivity contribution < 1.29 is 9.90 Å². The lowest BCUT2D eigenvalue weighted by atomic mass is 10.1. The van der Waals surface area contributed by atoms with E-state index in [1.54, 1.807) is 0 Å². The minimum Gasteiger partial charge on any atom is -0.481 e. The van der Waals surface area contributed by atoms with Gasteiger partial charge in [0.2, 0.25) is 0 Å². The quantitative estimate of drug-likeness (QED) is 0.813. The number of carbonyl (C=O) groups is 1. The second kappa shape index (κ2) is 3.72. The van der Waals surface area contributed by atoms with E-state index in [0.717, 1.165) is 17.0 Å². The summed E-state index contributed by atoms with van der Waals surface area (Å²) in [7, 11) is 0. The van der Waals surface area contributed by atoms with E-state index in [4.69, 9.17) is 5.11 Å². The van der Waals surface area contributed by atoms with Gasteiger partial charge in [-0.1, -0.05) is 0 Å². The average Bonchev–Trinajstić information content (AvgIpc) is 2.23. The molecule has 0 aliphatic carbocycles. The fraction of sp³-hybridized carbons (Fsp3) is 0.583. The van der Waals surface area contributed by atoms with Crippen molar-refractivity contribution in [1.29, 1.82) is 0 Å². The summed E-state index contributed by atoms with van der Waals surface area (Å²) in [6, 6.07) is 1.97. The van der Waals surface area contributed by atoms with Gasteiger partial charge in [-0.15, -0.1) is 0 Å². The molecule has 3 heteroatoms. The van der Waals surface area contributed by atoms with Crippen LogP contribution in [0, 0.1) is 13.8 Å². The number of carboxylic acids is 1. The van der Waals surface area contributed by atoms with Gasteiger partial charge < -0.3 is 9.67 Å². The van der Waals surface area contributed by atoms with Crippen LogP contribution in [0.15, 0.2) is 6.07 Å². The molecule has 1 rings (SSSR count). The Balaban J connectivity index is 3.21. The van der Waals surface area contributed by atoms with Crippen molar-refractivity contribution in [2.75, 3.05) is 0 Å². The highest BCUT2D eigenvalue weighted by Gasteiger charge is 2.20. The van der Waals surface area contributed by atoms with Crippen LogP contribution in [-0.4, -0.2) is 15.6 Å². The van der Waals surface area contributed by atoms with E-state index in [-0.39, 0.29) is 12.0 Å². The molecular formula is C12H19NO2. The number of carboxylic acid groups (broad SMARTS) is 1. The molecule has 0 aromatic carbocycles. The Morgan fingerprint density at radius 1 is 1.40 bits per heavy atom. The summed E-state index contributed by atoms with van der Waals surface area (Å²) in [6.45, 7) is 10.4. The van der Waals surface area contributed by atoms with Crippen LogP contribution in [0.1, 0.15) is 37.7 Å². The normalized spacial score (nSPS) is 11.8. The molecule has 1 aromatic heterocycles. The minimum atomic E-state index is -0.774. The highest BCUT2D eigenvalue weighted by molar-refractivity contribution is 5.70. The first kappa shape index (κ1) is 11.8. The summed E-state index contributed by atoms with van der Waals surface area (Å²) in [5.41, 5.74) is 3.10. The predicted molar refractivity (Wildman–Crippen MR) is 60.2 cm³/mol. The van der Waals surface area contributed by atoms with E-state index in [0.29, 0.717) is 0 Å². The van der Waals surface area contributed by atoms with E-state index in [1.165, 1.54) is 0 Å². The van der Waals surface area contributed by atoms with Crippen molar-refractivity contribution in [1.82, 2.24) is 4.57 Å². The fourth-order valence-electron chi connectivity index (χ4n) is 2.20. The molecule has 84 valence electrons. The third-order valence-corrected chi connectivity index (χ3v) is 2.55. The smallest absolute Gasteiger partial charge is 0.307 e. The Morgan fingerprint density at radius 2 is 1.93 bits per heavy atom. The van der Waals surface area contributed by atoms with Crippen LogP contribution in [-0.2, 0) is 16.8 Å². The fourth-order valence-corrected chi connectivity index (χ4v) is 2.20. The first-order valence-corrected chi connectivity index (χ1v) is 5.13. The number of hydrogen-bond acceptors (Lipinski definition) is 1. The summed E-state index contributed by atoms with van der Waals surface area (Å²) < 4.78 is 2.19. The molecule has 3 nitrogen and oxygen atoms in total. The van der Waals surface area contributed by atoms with Gasteiger partial charge in [-0.05, 0) is 46.2 Å². The van der Waals surface area contributed by atoms with Crippen LogP contribution in [0.25, 0.3) is 0 Å². The van der Waals surface area contributed by atoms with Gasteiger partial charge in [-0.3, -0.25) is 4.79 Å². The Kier molecular flexibility index (Phi) is 2.93. The zero-order valence-electron chi connectivity index (χ0n) is 10.1. The summed E-state index contributed by atoms with van der Waals surface area (Å²) >= 11 is 0. The lowest BCUT2D eigenvalue weighted by Crippen LogP contribution is -2.24. The van der Waals surface area contributed by atoms with Gasteiger partial charge in [0.1, 0.15) is 0 Å². The molecule has 0 radical (unpaired) electrons. The standard InChI is InChI=1S/C12H19NO2/c1-8-6-10(7-11(14)15)9(2)13(8)12(3,4)5/h6H,7H2,1-5H3,(H,14,15). The molecule has 0 fully saturated rings. The average molecular weight is 209 g/mol. The highest BCUT2D eigenvalue weighted by atomic mass is 16.4. The molecule has 1 heterocycles. The Bertz CT molecular complexity index is 383. The molecule has 0 atom stereocenters. The van der Waals surface area contributed by atoms with E-state index < -0.39 is 5.97 Å². The molecule has 15 heavy (non-hydrogen) atoms. The van der Waals surface area contributed by atoms with Crippen LogP contribution in [0.3, 0.4) is 0 Å². The van der Waals surface area contributed by atoms with Crippen LogP contribution in [0.2, 0.25) is 0 Å². The Morgan fingerprint density at radius 3 is 2.27 bits per heavy atom. The van der Waals surface area contributed by atoms with Gasteiger partial charge in [0.25, 0.3) is 0 Å². The summed E-state index contributed by atoms with van der Waals surface area (Å²) in [6.07, 6.45) is 0.107. The zero-order valence-corrected chi connectivity index (χ0v) is 10.1. The van der Waals surface area contributed by atoms with Gasteiger partial charge in [0.05, 0.1) is 6.42 Å². The molecular weight excluding hydrogens is 190 g/mol. The summed E-state index contributed by atoms with van der Waals surface area (Å²) in [5, 5.41) is 8.79. The van der Waals surface area contributed by atoms with Crippen LogP contribution < -0.4 is 0 Å². The summed E-state index contributed by atoms with van der Waals surface area (Å²) in [4.78, 5) is 10.7. The molecule has 1 aromatic rings. The van der Waals surface area contributed by atoms with Gasteiger partial charge in [0.15, 0.2) is 0 Å². The number of aromatic nitrogens is 1. The molecule has 0 aliphatic rings. The number of aliphatic carboxylic acids is 1. The molecule has 0 unspecified atom stereocenters. The van der Waals surface area contributed by atoms with Crippen molar-refractivity contribution in [3.8, 4) is 0 Å². The monoisotopic (exact) mass is 209 g/mol. The van der Waals surface area contributed by atoms with Crippen molar-refractivity contribution in [3.63, 3.8) is 0 Å². The van der Waals surface area contributed by atoms with Gasteiger partial charge in [0, 0.05) is 16.9 Å². The number of hydrogen-bond donors (Lipinski definition) is 1. The topological polar surface area (TPSA) is 42.2 Å². The van der Waals surface area contributed by atoms with Crippen molar-refractivity contribution >= 4 is 5.97 Å². The first-order chi connectivity index (χ1) is 6.73. The zero-order chi connectivity index (χ0) is 11.8. The van der Waals surface area contributed by atoms with Crippen LogP contribution >= 0.6 is 0 Å². The van der Waals surface area contributed by atoms with E-state index in [9.17, 15) is 4.79 Å². The maximum atomic E-state index is 10.7. The highest BCUT2D eigenvalue weighted by Crippen LogP contribution is 2.24. The van der Waals surface area contributed by atoms with Gasteiger partial charge in [-0.2, -0.15) is 0 Å². The molecule has 0 spiro atoms. The van der Waals surface area contributed by atoms with Gasteiger partial charge in [-0.25, -0.2) is 0 Å². The van der Waals surface area contributed by atoms with Crippen LogP contribution in [0.4, 0.5) is 0 Å². The third-order valence-electron chi connectivity index (χ3n) is 2.55. The minimum absolute atomic E-state index is 0.00488. The van der Waals surface area contributed by atoms with Gasteiger partial charge >= 0.3 is 5.97 Å². The Hall–Kier alpha value is -1.25. The van der Waals surface area contributed by atoms with E-state index in [2.05, 4.69) is 25.3 Å². The van der Waals surface area contributed by atoms with Crippen LogP contribution in [0.5, 0.6) is 0 Å². The lowest BCUT2D eigenvalue weighted by molar-refractivity contribution is -0.136. The molecule has 1 N–H and O–H groups in total. The molecule has 0 amide bonds. The number of rotatable bonds is 2. The molecule has 0 saturated heterocycles. The van der Waals surface area contributed by atoms with Crippen molar-refractivity contribution in [2.24, 2.45) is 0 Å². The largest absolute Gasteiger partial charge is 0.481 e. The van der Waals surface area contributed by atoms with Crippen molar-refractivity contribution in [2.45, 2.75) is 46.6 Å². The lowest BCUT2D eigenvalue weighted by Gasteiger charge is -2.25. The predicted octanol–water partition coefficient (Wildman–Crippen LogP) is 2.49. The maximum Gasteiger partial charge on any atom is 0.307 e. The number of nitrogens with zero attached hydrogens (tertiary/aromatic N) is 1. The first-order valence-electron chi connectivity index (χ1n) is 5.13. The SMILES string of the molecule is Cc1cc(CC(=O)O)c(C)n1C(C)(C)C. The second-order valence-corrected chi connectivity index (χ2v) is 4.97. The van der Waals surface area contributed by atoms with E-state index in [1.807, 2.05) is 19.9 Å². The Labute approximate surface area is 90.7 Å². The summed E-state index contributed by atoms with van der Waals surface area (Å²) in [5.74, 6) is -0.774. The second-order valence-electron chi connectivity index (χ2n) is 4.97. The molecule has 0 bridgehead atoms. The third kappa shape index (κ3) is 2.41. The number of aryl methyl sites for hydroxylation is 1.